The summed E-state index contributed by atoms with van der Waals surface area (Å²) in [4.78, 5) is 22.4. The number of nitrogens with zero attached hydrogens (tertiary/aromatic N) is 5. The third-order valence-corrected chi connectivity index (χ3v) is 5.99. The molecule has 2 aromatic heterocycles. The number of hydrogen-bond acceptors (Lipinski definition) is 4. The molecular weight excluding hydrogens is 430 g/mol. The van der Waals surface area contributed by atoms with E-state index in [9.17, 15) is 27.5 Å². The number of alkyl halides is 2. The SMILES string of the molecule is O=C(O)N1CCN(c2ncnc3c2c(C2CC2)cn3-c2cc(F)cc(F)c2)C[C@@H]1C(F)F. The number of benzene rings is 1. The van der Waals surface area contributed by atoms with Crippen LogP contribution >= 0.6 is 0 Å². The summed E-state index contributed by atoms with van der Waals surface area (Å²) in [5, 5.41) is 9.90. The van der Waals surface area contributed by atoms with E-state index in [1.165, 1.54) is 18.5 Å². The van der Waals surface area contributed by atoms with Crippen molar-refractivity contribution in [3.8, 4) is 5.69 Å². The van der Waals surface area contributed by atoms with Crippen molar-refractivity contribution in [3.63, 3.8) is 0 Å². The molecular formula is C21H19F4N5O2. The van der Waals surface area contributed by atoms with Crippen molar-refractivity contribution < 1.29 is 27.5 Å². The fourth-order valence-corrected chi connectivity index (χ4v) is 4.35. The lowest BCUT2D eigenvalue weighted by atomic mass is 10.1. The number of carbonyl (C=O) groups is 1. The summed E-state index contributed by atoms with van der Waals surface area (Å²) in [6.07, 6.45) is 0.665. The van der Waals surface area contributed by atoms with Crippen LogP contribution in [0.1, 0.15) is 24.3 Å². The van der Waals surface area contributed by atoms with E-state index in [2.05, 4.69) is 9.97 Å². The van der Waals surface area contributed by atoms with E-state index in [4.69, 9.17) is 0 Å². The van der Waals surface area contributed by atoms with E-state index in [1.807, 2.05) is 0 Å². The Morgan fingerprint density at radius 2 is 1.81 bits per heavy atom. The number of piperazine rings is 1. The Morgan fingerprint density at radius 3 is 2.44 bits per heavy atom. The molecule has 0 radical (unpaired) electrons. The Labute approximate surface area is 179 Å². The zero-order valence-corrected chi connectivity index (χ0v) is 16.8. The average Bonchev–Trinajstić information content (AvgIpc) is 3.52. The quantitative estimate of drug-likeness (QED) is 0.610. The monoisotopic (exact) mass is 449 g/mol. The topological polar surface area (TPSA) is 74.5 Å². The molecule has 7 nitrogen and oxygen atoms in total. The van der Waals surface area contributed by atoms with Gasteiger partial charge in [0.2, 0.25) is 0 Å². The summed E-state index contributed by atoms with van der Waals surface area (Å²) in [5.41, 5.74) is 1.55. The summed E-state index contributed by atoms with van der Waals surface area (Å²) in [6, 6.07) is 1.68. The second-order valence-electron chi connectivity index (χ2n) is 8.08. The van der Waals surface area contributed by atoms with Crippen LogP contribution in [0.15, 0.2) is 30.7 Å². The largest absolute Gasteiger partial charge is 0.465 e. The van der Waals surface area contributed by atoms with Crippen molar-refractivity contribution in [1.29, 1.82) is 0 Å². The van der Waals surface area contributed by atoms with Crippen LogP contribution in [0.25, 0.3) is 16.7 Å². The van der Waals surface area contributed by atoms with Gasteiger partial charge in [0.1, 0.15) is 35.5 Å². The van der Waals surface area contributed by atoms with Gasteiger partial charge >= 0.3 is 6.09 Å². The van der Waals surface area contributed by atoms with Crippen molar-refractivity contribution in [3.05, 3.63) is 47.9 Å². The summed E-state index contributed by atoms with van der Waals surface area (Å²) < 4.78 is 56.5. The van der Waals surface area contributed by atoms with Gasteiger partial charge in [-0.05, 0) is 36.5 Å². The zero-order valence-electron chi connectivity index (χ0n) is 16.8. The van der Waals surface area contributed by atoms with Gasteiger partial charge in [-0.1, -0.05) is 0 Å². The minimum absolute atomic E-state index is 0.0928. The van der Waals surface area contributed by atoms with Crippen molar-refractivity contribution in [2.75, 3.05) is 24.5 Å². The van der Waals surface area contributed by atoms with Gasteiger partial charge in [0.25, 0.3) is 6.43 Å². The molecule has 1 saturated heterocycles. The first-order valence-corrected chi connectivity index (χ1v) is 10.2. The predicted octanol–water partition coefficient (Wildman–Crippen LogP) is 4.01. The molecule has 2 fully saturated rings. The minimum atomic E-state index is -2.85. The molecule has 0 unspecified atom stereocenters. The molecule has 0 spiro atoms. The zero-order chi connectivity index (χ0) is 22.6. The third-order valence-electron chi connectivity index (χ3n) is 5.99. The van der Waals surface area contributed by atoms with Crippen LogP contribution in [0.4, 0.5) is 28.2 Å². The van der Waals surface area contributed by atoms with E-state index in [-0.39, 0.29) is 31.2 Å². The maximum Gasteiger partial charge on any atom is 0.407 e. The highest BCUT2D eigenvalue weighted by atomic mass is 19.3. The summed E-state index contributed by atoms with van der Waals surface area (Å²) >= 11 is 0. The molecule has 0 bridgehead atoms. The van der Waals surface area contributed by atoms with Crippen molar-refractivity contribution in [1.82, 2.24) is 19.4 Å². The van der Waals surface area contributed by atoms with Gasteiger partial charge in [0.05, 0.1) is 11.1 Å². The van der Waals surface area contributed by atoms with E-state index in [0.29, 0.717) is 16.9 Å². The maximum atomic E-state index is 13.9. The summed E-state index contributed by atoms with van der Waals surface area (Å²) in [7, 11) is 0. The molecule has 5 rings (SSSR count). The van der Waals surface area contributed by atoms with Gasteiger partial charge in [0, 0.05) is 31.9 Å². The number of hydrogen-bond donors (Lipinski definition) is 1. The van der Waals surface area contributed by atoms with Gasteiger partial charge in [-0.3, -0.25) is 4.90 Å². The highest BCUT2D eigenvalue weighted by molar-refractivity contribution is 5.93. The van der Waals surface area contributed by atoms with Crippen molar-refractivity contribution >= 4 is 22.9 Å². The van der Waals surface area contributed by atoms with Crippen LogP contribution in [0, 0.1) is 11.6 Å². The van der Waals surface area contributed by atoms with E-state index < -0.39 is 30.2 Å². The van der Waals surface area contributed by atoms with Crippen molar-refractivity contribution in [2.24, 2.45) is 0 Å². The first-order valence-electron chi connectivity index (χ1n) is 10.2. The van der Waals surface area contributed by atoms with Gasteiger partial charge in [-0.15, -0.1) is 0 Å². The Morgan fingerprint density at radius 1 is 1.09 bits per heavy atom. The number of amides is 1. The fourth-order valence-electron chi connectivity index (χ4n) is 4.35. The minimum Gasteiger partial charge on any atom is -0.465 e. The lowest BCUT2D eigenvalue weighted by Gasteiger charge is -2.40. The molecule has 168 valence electrons. The number of rotatable bonds is 4. The molecule has 1 aliphatic carbocycles. The lowest BCUT2D eigenvalue weighted by Crippen LogP contribution is -2.58. The lowest BCUT2D eigenvalue weighted by molar-refractivity contribution is 0.0229. The highest BCUT2D eigenvalue weighted by Crippen LogP contribution is 2.46. The molecule has 1 amide bonds. The van der Waals surface area contributed by atoms with Crippen LogP contribution in [-0.2, 0) is 0 Å². The predicted molar refractivity (Wildman–Crippen MR) is 107 cm³/mol. The standard InChI is InChI=1S/C21H19F4N5O2/c22-12-5-13(23)7-14(6-12)30-8-15(11-1-2-11)17-19(26-10-27-20(17)30)28-3-4-29(21(31)32)16(9-28)18(24)25/h5-8,10-11,16,18H,1-4,9H2,(H,31,32)/t16-/m1/s1. The summed E-state index contributed by atoms with van der Waals surface area (Å²) in [6.45, 7) is -0.129. The maximum absolute atomic E-state index is 13.9. The Kier molecular flexibility index (Phi) is 4.90. The fraction of sp³-hybridized carbons (Fsp3) is 0.381. The number of carboxylic acid groups (broad SMARTS) is 1. The van der Waals surface area contributed by atoms with Crippen LogP contribution in [0.5, 0.6) is 0 Å². The molecule has 1 atom stereocenters. The molecule has 32 heavy (non-hydrogen) atoms. The van der Waals surface area contributed by atoms with Crippen LogP contribution in [0.3, 0.4) is 0 Å². The van der Waals surface area contributed by atoms with Crippen LogP contribution in [0.2, 0.25) is 0 Å². The first kappa shape index (κ1) is 20.5. The molecule has 1 N–H and O–H groups in total. The number of halogens is 4. The van der Waals surface area contributed by atoms with Gasteiger partial charge in [-0.25, -0.2) is 32.3 Å². The molecule has 3 aromatic rings. The molecule has 1 saturated carbocycles. The Bertz CT molecular complexity index is 1180. The van der Waals surface area contributed by atoms with Gasteiger partial charge in [-0.2, -0.15) is 0 Å². The number of anilines is 1. The first-order chi connectivity index (χ1) is 15.3. The van der Waals surface area contributed by atoms with Crippen molar-refractivity contribution in [2.45, 2.75) is 31.2 Å². The molecule has 11 heteroatoms. The molecule has 2 aliphatic rings. The highest BCUT2D eigenvalue weighted by Gasteiger charge is 2.38. The average molecular weight is 449 g/mol. The molecule has 1 aromatic carbocycles. The van der Waals surface area contributed by atoms with E-state index >= 15 is 0 Å². The van der Waals surface area contributed by atoms with Gasteiger partial charge < -0.3 is 14.6 Å². The van der Waals surface area contributed by atoms with E-state index in [0.717, 1.165) is 29.4 Å². The second kappa shape index (κ2) is 7.64. The smallest absolute Gasteiger partial charge is 0.407 e. The van der Waals surface area contributed by atoms with Crippen LogP contribution < -0.4 is 4.90 Å². The van der Waals surface area contributed by atoms with E-state index in [1.54, 1.807) is 15.7 Å². The molecule has 1 aliphatic heterocycles. The Hall–Kier alpha value is -3.37. The third kappa shape index (κ3) is 3.51. The van der Waals surface area contributed by atoms with Crippen LogP contribution in [-0.4, -0.2) is 62.7 Å². The summed E-state index contributed by atoms with van der Waals surface area (Å²) in [5.74, 6) is -0.821. The second-order valence-corrected chi connectivity index (χ2v) is 8.08. The molecule has 3 heterocycles. The number of fused-ring (bicyclic) bond motifs is 1. The van der Waals surface area contributed by atoms with Gasteiger partial charge in [0.15, 0.2) is 0 Å². The normalized spacial score (nSPS) is 19.2. The number of aromatic nitrogens is 3. The Balaban J connectivity index is 1.62.